The van der Waals surface area contributed by atoms with E-state index in [1.807, 2.05) is 13.8 Å². The topological polar surface area (TPSA) is 103 Å². The molecule has 0 bridgehead atoms. The molecule has 20 heavy (non-hydrogen) atoms. The van der Waals surface area contributed by atoms with E-state index in [1.165, 1.54) is 12.3 Å². The highest BCUT2D eigenvalue weighted by molar-refractivity contribution is 7.89. The van der Waals surface area contributed by atoms with Gasteiger partial charge in [-0.25, -0.2) is 13.6 Å². The van der Waals surface area contributed by atoms with Crippen molar-refractivity contribution in [2.45, 2.75) is 37.2 Å². The van der Waals surface area contributed by atoms with Gasteiger partial charge in [0.1, 0.15) is 10.6 Å². The van der Waals surface area contributed by atoms with Crippen LogP contribution in [0.3, 0.4) is 0 Å². The Balaban J connectivity index is 2.29. The van der Waals surface area contributed by atoms with Crippen LogP contribution >= 0.6 is 0 Å². The summed E-state index contributed by atoms with van der Waals surface area (Å²) in [5.74, 6) is -0.316. The molecular weight excluding hydrogens is 282 g/mol. The summed E-state index contributed by atoms with van der Waals surface area (Å²) in [4.78, 5) is 12.2. The van der Waals surface area contributed by atoms with Crippen molar-refractivity contribution in [3.05, 3.63) is 18.0 Å². The maximum absolute atomic E-state index is 12.2. The summed E-state index contributed by atoms with van der Waals surface area (Å²) in [5, 5.41) is 7.94. The number of carbonyl (C=O) groups is 1. The van der Waals surface area contributed by atoms with Gasteiger partial charge in [-0.05, 0) is 26.3 Å². The minimum Gasteiger partial charge on any atom is -0.379 e. The van der Waals surface area contributed by atoms with Crippen molar-refractivity contribution in [1.82, 2.24) is 9.88 Å². The lowest BCUT2D eigenvalue weighted by Gasteiger charge is -2.15. The van der Waals surface area contributed by atoms with Gasteiger partial charge in [0, 0.05) is 18.8 Å². The average Bonchev–Trinajstić information content (AvgIpc) is 2.95. The average molecular weight is 301 g/mol. The van der Waals surface area contributed by atoms with Crippen LogP contribution in [0.25, 0.3) is 0 Å². The molecule has 7 nitrogen and oxygen atoms in total. The van der Waals surface area contributed by atoms with Crippen molar-refractivity contribution in [2.24, 2.45) is 5.14 Å². The van der Waals surface area contributed by atoms with Gasteiger partial charge in [-0.3, -0.25) is 4.79 Å². The van der Waals surface area contributed by atoms with E-state index in [1.54, 1.807) is 4.57 Å². The number of carbonyl (C=O) groups excluding carboxylic acids is 1. The van der Waals surface area contributed by atoms with E-state index < -0.39 is 10.0 Å². The number of amides is 1. The SMILES string of the molecule is CC(C)n1cc(S(N)(=O)=O)cc1C(=O)NC1CCOC1. The van der Waals surface area contributed by atoms with Crippen LogP contribution in [-0.4, -0.2) is 38.1 Å². The Hall–Kier alpha value is -1.38. The van der Waals surface area contributed by atoms with Crippen LogP contribution < -0.4 is 10.5 Å². The first kappa shape index (κ1) is 15.0. The third-order valence-corrected chi connectivity index (χ3v) is 4.09. The normalized spacial score (nSPS) is 19.5. The van der Waals surface area contributed by atoms with Gasteiger partial charge in [0.05, 0.1) is 12.6 Å². The molecule has 0 radical (unpaired) electrons. The van der Waals surface area contributed by atoms with E-state index in [0.29, 0.717) is 13.2 Å². The van der Waals surface area contributed by atoms with Crippen molar-refractivity contribution in [3.8, 4) is 0 Å². The molecule has 8 heteroatoms. The third kappa shape index (κ3) is 3.20. The van der Waals surface area contributed by atoms with Crippen molar-refractivity contribution in [2.75, 3.05) is 13.2 Å². The maximum Gasteiger partial charge on any atom is 0.268 e. The minimum absolute atomic E-state index is 0.0315. The van der Waals surface area contributed by atoms with E-state index in [-0.39, 0.29) is 28.6 Å². The molecule has 112 valence electrons. The van der Waals surface area contributed by atoms with Crippen molar-refractivity contribution in [1.29, 1.82) is 0 Å². The first-order chi connectivity index (χ1) is 9.29. The molecule has 0 aliphatic carbocycles. The lowest BCUT2D eigenvalue weighted by Crippen LogP contribution is -2.36. The second-order valence-corrected chi connectivity index (χ2v) is 6.70. The van der Waals surface area contributed by atoms with Gasteiger partial charge in [0.15, 0.2) is 0 Å². The number of ether oxygens (including phenoxy) is 1. The van der Waals surface area contributed by atoms with E-state index in [0.717, 1.165) is 6.42 Å². The Bertz CT molecular complexity index is 600. The Morgan fingerprint density at radius 3 is 2.75 bits per heavy atom. The number of hydrogen-bond donors (Lipinski definition) is 2. The van der Waals surface area contributed by atoms with Gasteiger partial charge in [-0.2, -0.15) is 0 Å². The summed E-state index contributed by atoms with van der Waals surface area (Å²) in [5.41, 5.74) is 0.288. The second kappa shape index (κ2) is 5.55. The van der Waals surface area contributed by atoms with Gasteiger partial charge in [-0.1, -0.05) is 0 Å². The number of rotatable bonds is 4. The molecule has 1 aromatic heterocycles. The van der Waals surface area contributed by atoms with Gasteiger partial charge in [0.25, 0.3) is 5.91 Å². The quantitative estimate of drug-likeness (QED) is 0.831. The predicted molar refractivity (Wildman–Crippen MR) is 72.9 cm³/mol. The van der Waals surface area contributed by atoms with Crippen LogP contribution in [0.1, 0.15) is 36.8 Å². The molecule has 0 saturated carbocycles. The highest BCUT2D eigenvalue weighted by Gasteiger charge is 2.23. The summed E-state index contributed by atoms with van der Waals surface area (Å²) in [6.45, 7) is 4.83. The number of nitrogens with two attached hydrogens (primary N) is 1. The monoisotopic (exact) mass is 301 g/mol. The summed E-state index contributed by atoms with van der Waals surface area (Å²) >= 11 is 0. The zero-order valence-electron chi connectivity index (χ0n) is 11.5. The first-order valence-corrected chi connectivity index (χ1v) is 7.97. The summed E-state index contributed by atoms with van der Waals surface area (Å²) in [6.07, 6.45) is 2.15. The molecule has 0 spiro atoms. The van der Waals surface area contributed by atoms with Gasteiger partial charge < -0.3 is 14.6 Å². The fourth-order valence-electron chi connectivity index (χ4n) is 2.13. The Morgan fingerprint density at radius 2 is 2.25 bits per heavy atom. The van der Waals surface area contributed by atoms with Crippen LogP contribution in [0, 0.1) is 0 Å². The van der Waals surface area contributed by atoms with E-state index in [4.69, 9.17) is 9.88 Å². The molecule has 0 aromatic carbocycles. The molecule has 2 heterocycles. The molecule has 1 atom stereocenters. The summed E-state index contributed by atoms with van der Waals surface area (Å²) in [6, 6.07) is 1.22. The van der Waals surface area contributed by atoms with Crippen LogP contribution in [0.15, 0.2) is 17.2 Å². The number of nitrogens with one attached hydrogen (secondary N) is 1. The van der Waals surface area contributed by atoms with Gasteiger partial charge in [0.2, 0.25) is 10.0 Å². The van der Waals surface area contributed by atoms with Crippen molar-refractivity contribution in [3.63, 3.8) is 0 Å². The van der Waals surface area contributed by atoms with Crippen molar-refractivity contribution >= 4 is 15.9 Å². The molecule has 2 rings (SSSR count). The number of aromatic nitrogens is 1. The molecule has 1 amide bonds. The fraction of sp³-hybridized carbons (Fsp3) is 0.583. The Kier molecular flexibility index (Phi) is 4.17. The summed E-state index contributed by atoms with van der Waals surface area (Å²) < 4.78 is 29.6. The largest absolute Gasteiger partial charge is 0.379 e. The Morgan fingerprint density at radius 1 is 1.55 bits per heavy atom. The molecule has 1 fully saturated rings. The van der Waals surface area contributed by atoms with Crippen LogP contribution in [0.4, 0.5) is 0 Å². The number of sulfonamides is 1. The molecule has 1 unspecified atom stereocenters. The number of primary sulfonamides is 1. The van der Waals surface area contributed by atoms with Crippen LogP contribution in [0.5, 0.6) is 0 Å². The van der Waals surface area contributed by atoms with Gasteiger partial charge >= 0.3 is 0 Å². The highest BCUT2D eigenvalue weighted by atomic mass is 32.2. The molecule has 1 aromatic rings. The fourth-order valence-corrected chi connectivity index (χ4v) is 2.66. The van der Waals surface area contributed by atoms with Crippen LogP contribution in [-0.2, 0) is 14.8 Å². The van der Waals surface area contributed by atoms with Gasteiger partial charge in [-0.15, -0.1) is 0 Å². The smallest absolute Gasteiger partial charge is 0.268 e. The zero-order chi connectivity index (χ0) is 14.9. The summed E-state index contributed by atoms with van der Waals surface area (Å²) in [7, 11) is -3.82. The molecule has 3 N–H and O–H groups in total. The number of hydrogen-bond acceptors (Lipinski definition) is 4. The molecule has 1 saturated heterocycles. The van der Waals surface area contributed by atoms with E-state index >= 15 is 0 Å². The standard InChI is InChI=1S/C12H19N3O4S/c1-8(2)15-6-10(20(13,17)18)5-11(15)12(16)14-9-3-4-19-7-9/h5-6,8-9H,3-4,7H2,1-2H3,(H,14,16)(H2,13,17,18). The first-order valence-electron chi connectivity index (χ1n) is 6.42. The third-order valence-electron chi connectivity index (χ3n) is 3.21. The van der Waals surface area contributed by atoms with Crippen molar-refractivity contribution < 1.29 is 17.9 Å². The zero-order valence-corrected chi connectivity index (χ0v) is 12.3. The second-order valence-electron chi connectivity index (χ2n) is 5.14. The molecular formula is C12H19N3O4S. The number of nitrogens with zero attached hydrogens (tertiary/aromatic N) is 1. The maximum atomic E-state index is 12.2. The Labute approximate surface area is 118 Å². The highest BCUT2D eigenvalue weighted by Crippen LogP contribution is 2.18. The molecule has 1 aliphatic rings. The minimum atomic E-state index is -3.82. The van der Waals surface area contributed by atoms with Crippen LogP contribution in [0.2, 0.25) is 0 Å². The lowest BCUT2D eigenvalue weighted by atomic mass is 10.2. The predicted octanol–water partition coefficient (Wildman–Crippen LogP) is 0.235. The van der Waals surface area contributed by atoms with E-state index in [9.17, 15) is 13.2 Å². The molecule has 1 aliphatic heterocycles. The van der Waals surface area contributed by atoms with E-state index in [2.05, 4.69) is 5.32 Å². The lowest BCUT2D eigenvalue weighted by molar-refractivity contribution is 0.0919.